The molecule has 0 unspecified atom stereocenters. The number of carbonyl (C=O) groups excluding carboxylic acids is 1. The van der Waals surface area contributed by atoms with Gasteiger partial charge in [0.15, 0.2) is 0 Å². The van der Waals surface area contributed by atoms with Gasteiger partial charge in [-0.25, -0.2) is 8.42 Å². The molecule has 25 heavy (non-hydrogen) atoms. The topological polar surface area (TPSA) is 84.5 Å². The Morgan fingerprint density at radius 2 is 1.88 bits per heavy atom. The molecule has 3 rings (SSSR count). The van der Waals surface area contributed by atoms with E-state index in [2.05, 4.69) is 10.0 Å². The summed E-state index contributed by atoms with van der Waals surface area (Å²) in [6.07, 6.45) is 1.99. The van der Waals surface area contributed by atoms with Crippen molar-refractivity contribution < 1.29 is 17.9 Å². The molecule has 1 aliphatic carbocycles. The molecular weight excluding hydrogens is 340 g/mol. The van der Waals surface area contributed by atoms with Crippen molar-refractivity contribution in [3.8, 4) is 5.75 Å². The molecular formula is C18H20N2O4S. The summed E-state index contributed by atoms with van der Waals surface area (Å²) in [5.41, 5.74) is 0.774. The van der Waals surface area contributed by atoms with Crippen LogP contribution in [0, 0.1) is 0 Å². The molecule has 0 atom stereocenters. The van der Waals surface area contributed by atoms with E-state index in [-0.39, 0.29) is 16.8 Å². The first-order valence-corrected chi connectivity index (χ1v) is 9.63. The van der Waals surface area contributed by atoms with E-state index in [1.165, 1.54) is 18.2 Å². The second-order valence-corrected chi connectivity index (χ2v) is 7.52. The third-order valence-electron chi connectivity index (χ3n) is 3.73. The highest BCUT2D eigenvalue weighted by molar-refractivity contribution is 7.92. The van der Waals surface area contributed by atoms with Crippen molar-refractivity contribution in [1.82, 2.24) is 5.32 Å². The fourth-order valence-corrected chi connectivity index (χ4v) is 3.37. The van der Waals surface area contributed by atoms with Gasteiger partial charge in [-0.2, -0.15) is 0 Å². The monoisotopic (exact) mass is 360 g/mol. The predicted octanol–water partition coefficient (Wildman–Crippen LogP) is 2.78. The van der Waals surface area contributed by atoms with Crippen LogP contribution in [-0.2, 0) is 10.0 Å². The van der Waals surface area contributed by atoms with Crippen LogP contribution in [0.15, 0.2) is 53.4 Å². The maximum atomic E-state index is 12.5. The van der Waals surface area contributed by atoms with Gasteiger partial charge in [0.2, 0.25) is 0 Å². The largest absolute Gasteiger partial charge is 0.494 e. The summed E-state index contributed by atoms with van der Waals surface area (Å²) in [5, 5.41) is 2.88. The van der Waals surface area contributed by atoms with Crippen LogP contribution in [0.1, 0.15) is 30.1 Å². The summed E-state index contributed by atoms with van der Waals surface area (Å²) in [4.78, 5) is 12.2. The number of anilines is 1. The van der Waals surface area contributed by atoms with Crippen LogP contribution in [0.25, 0.3) is 0 Å². The lowest BCUT2D eigenvalue weighted by atomic mass is 10.2. The molecule has 0 saturated heterocycles. The molecule has 0 aliphatic heterocycles. The van der Waals surface area contributed by atoms with Crippen LogP contribution >= 0.6 is 0 Å². The number of rotatable bonds is 7. The molecule has 2 aromatic rings. The molecule has 0 bridgehead atoms. The van der Waals surface area contributed by atoms with Gasteiger partial charge < -0.3 is 10.1 Å². The summed E-state index contributed by atoms with van der Waals surface area (Å²) in [5.74, 6) is 0.421. The number of hydrogen-bond donors (Lipinski definition) is 2. The molecule has 1 fully saturated rings. The highest BCUT2D eigenvalue weighted by atomic mass is 32.2. The second kappa shape index (κ2) is 7.14. The van der Waals surface area contributed by atoms with Gasteiger partial charge in [0.1, 0.15) is 5.75 Å². The van der Waals surface area contributed by atoms with Gasteiger partial charge in [-0.3, -0.25) is 9.52 Å². The molecule has 0 radical (unpaired) electrons. The number of carbonyl (C=O) groups is 1. The zero-order chi connectivity index (χ0) is 17.9. The number of sulfonamides is 1. The van der Waals surface area contributed by atoms with Crippen molar-refractivity contribution in [2.75, 3.05) is 11.3 Å². The minimum Gasteiger partial charge on any atom is -0.494 e. The highest BCUT2D eigenvalue weighted by Gasteiger charge is 2.24. The van der Waals surface area contributed by atoms with E-state index in [9.17, 15) is 13.2 Å². The Morgan fingerprint density at radius 3 is 2.52 bits per heavy atom. The van der Waals surface area contributed by atoms with Crippen molar-refractivity contribution in [1.29, 1.82) is 0 Å². The standard InChI is InChI=1S/C18H20N2O4S/c1-2-24-16-8-10-17(11-9-16)25(22,23)20-15-5-3-4-13(12-15)18(21)19-14-6-7-14/h3-5,8-12,14,20H,2,6-7H2,1H3,(H,19,21). The molecule has 0 heterocycles. The Bertz CT molecular complexity index is 859. The average molecular weight is 360 g/mol. The van der Waals surface area contributed by atoms with Crippen LogP contribution in [-0.4, -0.2) is 27.0 Å². The molecule has 132 valence electrons. The Labute approximate surface area is 147 Å². The fraction of sp³-hybridized carbons (Fsp3) is 0.278. The van der Waals surface area contributed by atoms with Gasteiger partial charge in [-0.05, 0) is 62.2 Å². The van der Waals surface area contributed by atoms with Gasteiger partial charge >= 0.3 is 0 Å². The van der Waals surface area contributed by atoms with E-state index in [0.717, 1.165) is 12.8 Å². The average Bonchev–Trinajstić information content (AvgIpc) is 3.39. The Hall–Kier alpha value is -2.54. The van der Waals surface area contributed by atoms with Crippen molar-refractivity contribution in [3.05, 3.63) is 54.1 Å². The molecule has 1 aliphatic rings. The van der Waals surface area contributed by atoms with Crippen molar-refractivity contribution in [2.45, 2.75) is 30.7 Å². The van der Waals surface area contributed by atoms with Gasteiger partial charge in [0.05, 0.1) is 11.5 Å². The summed E-state index contributed by atoms with van der Waals surface area (Å²) >= 11 is 0. The maximum absolute atomic E-state index is 12.5. The minimum absolute atomic E-state index is 0.129. The molecule has 0 spiro atoms. The molecule has 7 heteroatoms. The Morgan fingerprint density at radius 1 is 1.16 bits per heavy atom. The Balaban J connectivity index is 1.74. The van der Waals surface area contributed by atoms with Crippen LogP contribution in [0.2, 0.25) is 0 Å². The normalized spacial score (nSPS) is 14.0. The van der Waals surface area contributed by atoms with Crippen LogP contribution in [0.5, 0.6) is 5.75 Å². The molecule has 0 aromatic heterocycles. The van der Waals surface area contributed by atoms with Gasteiger partial charge in [0.25, 0.3) is 15.9 Å². The van der Waals surface area contributed by atoms with Crippen LogP contribution in [0.4, 0.5) is 5.69 Å². The quantitative estimate of drug-likeness (QED) is 0.795. The zero-order valence-electron chi connectivity index (χ0n) is 13.9. The first-order chi connectivity index (χ1) is 12.0. The molecule has 1 amide bonds. The number of nitrogens with one attached hydrogen (secondary N) is 2. The Kier molecular flexibility index (Phi) is 4.94. The number of ether oxygens (including phenoxy) is 1. The third kappa shape index (κ3) is 4.51. The van der Waals surface area contributed by atoms with E-state index < -0.39 is 10.0 Å². The minimum atomic E-state index is -3.74. The summed E-state index contributed by atoms with van der Waals surface area (Å²) in [6, 6.07) is 12.9. The summed E-state index contributed by atoms with van der Waals surface area (Å²) in [7, 11) is -3.74. The molecule has 1 saturated carbocycles. The fourth-order valence-electron chi connectivity index (χ4n) is 2.32. The van der Waals surface area contributed by atoms with E-state index in [1.54, 1.807) is 30.3 Å². The highest BCUT2D eigenvalue weighted by Crippen LogP contribution is 2.22. The van der Waals surface area contributed by atoms with Crippen LogP contribution in [0.3, 0.4) is 0 Å². The van der Waals surface area contributed by atoms with E-state index in [4.69, 9.17) is 4.74 Å². The first kappa shape index (κ1) is 17.3. The van der Waals surface area contributed by atoms with Crippen molar-refractivity contribution in [2.24, 2.45) is 0 Å². The van der Waals surface area contributed by atoms with E-state index >= 15 is 0 Å². The molecule has 2 aromatic carbocycles. The lowest BCUT2D eigenvalue weighted by molar-refractivity contribution is 0.0951. The molecule has 2 N–H and O–H groups in total. The second-order valence-electron chi connectivity index (χ2n) is 5.84. The number of benzene rings is 2. The summed E-state index contributed by atoms with van der Waals surface area (Å²) in [6.45, 7) is 2.37. The van der Waals surface area contributed by atoms with E-state index in [0.29, 0.717) is 23.6 Å². The first-order valence-electron chi connectivity index (χ1n) is 8.14. The number of amides is 1. The van der Waals surface area contributed by atoms with Gasteiger partial charge in [-0.1, -0.05) is 6.07 Å². The van der Waals surface area contributed by atoms with E-state index in [1.807, 2.05) is 6.92 Å². The van der Waals surface area contributed by atoms with Crippen LogP contribution < -0.4 is 14.8 Å². The van der Waals surface area contributed by atoms with Crippen molar-refractivity contribution >= 4 is 21.6 Å². The predicted molar refractivity (Wildman–Crippen MR) is 95.3 cm³/mol. The molecule has 6 nitrogen and oxygen atoms in total. The third-order valence-corrected chi connectivity index (χ3v) is 5.13. The maximum Gasteiger partial charge on any atom is 0.261 e. The smallest absolute Gasteiger partial charge is 0.261 e. The zero-order valence-corrected chi connectivity index (χ0v) is 14.7. The van der Waals surface area contributed by atoms with Gasteiger partial charge in [0, 0.05) is 17.3 Å². The summed E-state index contributed by atoms with van der Waals surface area (Å²) < 4.78 is 32.8. The van der Waals surface area contributed by atoms with Gasteiger partial charge in [-0.15, -0.1) is 0 Å². The van der Waals surface area contributed by atoms with Crippen molar-refractivity contribution in [3.63, 3.8) is 0 Å². The number of hydrogen-bond acceptors (Lipinski definition) is 4. The lowest BCUT2D eigenvalue weighted by Gasteiger charge is -2.10. The SMILES string of the molecule is CCOc1ccc(S(=O)(=O)Nc2cccc(C(=O)NC3CC3)c2)cc1. The lowest BCUT2D eigenvalue weighted by Crippen LogP contribution is -2.25.